The average Bonchev–Trinajstić information content (AvgIpc) is 3.73. The molecular formula is C51H60ClF3N2O12. The molecule has 2 aliphatic carbocycles. The second-order valence-corrected chi connectivity index (χ2v) is 19.2. The molecule has 3 fully saturated rings. The maximum atomic E-state index is 15.3. The molecule has 4 aliphatic rings. The van der Waals surface area contributed by atoms with Gasteiger partial charge < -0.3 is 43.3 Å². The SMILES string of the molecule is COc1ccc(CC[C@@]2(C(=O)O)CCCC[C@H]2C(=O)Oc2ccc(Cl)c3c2[C@@H](CN2CC(C(F)(F)F)CC2=O)N(C(=O)[C@@H]2CCCC[C@]2(C)C(=O)OCc2ccc(OC)cc2OC)CC3)c(OC)c1. The van der Waals surface area contributed by atoms with Crippen LogP contribution in [0, 0.1) is 28.6 Å². The fourth-order valence-electron chi connectivity index (χ4n) is 11.0. The molecule has 14 nitrogen and oxygen atoms in total. The Bertz CT molecular complexity index is 2430. The third-order valence-electron chi connectivity index (χ3n) is 15.0. The Hall–Kier alpha value is -5.71. The quantitative estimate of drug-likeness (QED) is 0.107. The number of benzene rings is 3. The molecule has 7 rings (SSSR count). The minimum atomic E-state index is -4.66. The van der Waals surface area contributed by atoms with Crippen LogP contribution < -0.4 is 23.7 Å². The van der Waals surface area contributed by atoms with E-state index in [9.17, 15) is 37.5 Å². The topological polar surface area (TPSA) is 167 Å². The van der Waals surface area contributed by atoms with Gasteiger partial charge in [-0.05, 0) is 93.3 Å². The highest BCUT2D eigenvalue weighted by atomic mass is 35.5. The van der Waals surface area contributed by atoms with Crippen molar-refractivity contribution in [2.45, 2.75) is 103 Å². The number of halogens is 4. The van der Waals surface area contributed by atoms with E-state index < -0.39 is 90.0 Å². The number of hydrogen-bond donors (Lipinski definition) is 1. The number of esters is 2. The number of aliphatic carboxylic acids is 1. The van der Waals surface area contributed by atoms with Gasteiger partial charge in [0, 0.05) is 54.3 Å². The van der Waals surface area contributed by atoms with E-state index in [4.69, 9.17) is 40.0 Å². The van der Waals surface area contributed by atoms with E-state index in [1.54, 1.807) is 43.3 Å². The summed E-state index contributed by atoms with van der Waals surface area (Å²) < 4.78 is 76.3. The Balaban J connectivity index is 1.22. The van der Waals surface area contributed by atoms with Crippen molar-refractivity contribution >= 4 is 41.3 Å². The number of rotatable bonds is 16. The number of carbonyl (C=O) groups excluding carboxylic acids is 4. The van der Waals surface area contributed by atoms with Crippen LogP contribution in [0.25, 0.3) is 0 Å². The van der Waals surface area contributed by atoms with E-state index in [0.717, 1.165) is 10.5 Å². The first-order valence-corrected chi connectivity index (χ1v) is 23.8. The zero-order valence-corrected chi connectivity index (χ0v) is 40.3. The highest BCUT2D eigenvalue weighted by molar-refractivity contribution is 6.31. The molecule has 374 valence electrons. The molecule has 6 atom stereocenters. The van der Waals surface area contributed by atoms with Gasteiger partial charge in [0.05, 0.1) is 63.1 Å². The monoisotopic (exact) mass is 984 g/mol. The first-order valence-electron chi connectivity index (χ1n) is 23.4. The Labute approximate surface area is 404 Å². The smallest absolute Gasteiger partial charge is 0.394 e. The lowest BCUT2D eigenvalue weighted by molar-refractivity contribution is -0.171. The minimum absolute atomic E-state index is 0.0165. The summed E-state index contributed by atoms with van der Waals surface area (Å²) in [5, 5.41) is 11.2. The summed E-state index contributed by atoms with van der Waals surface area (Å²) in [7, 11) is 6.01. The van der Waals surface area contributed by atoms with Gasteiger partial charge in [-0.3, -0.25) is 24.0 Å². The van der Waals surface area contributed by atoms with Crippen LogP contribution in [-0.4, -0.2) is 98.9 Å². The lowest BCUT2D eigenvalue weighted by Crippen LogP contribution is -2.53. The lowest BCUT2D eigenvalue weighted by Gasteiger charge is -2.45. The van der Waals surface area contributed by atoms with Gasteiger partial charge in [-0.1, -0.05) is 43.4 Å². The van der Waals surface area contributed by atoms with Crippen LogP contribution in [0.1, 0.15) is 99.4 Å². The highest BCUT2D eigenvalue weighted by Gasteiger charge is 2.54. The molecule has 2 aliphatic heterocycles. The van der Waals surface area contributed by atoms with Crippen LogP contribution in [-0.2, 0) is 48.2 Å². The number of fused-ring (bicyclic) bond motifs is 1. The normalized spacial score (nSPS) is 24.8. The van der Waals surface area contributed by atoms with Gasteiger partial charge in [-0.25, -0.2) is 0 Å². The van der Waals surface area contributed by atoms with Crippen molar-refractivity contribution < 1.29 is 70.7 Å². The number of alkyl halides is 3. The number of nitrogens with zero attached hydrogens (tertiary/aromatic N) is 2. The van der Waals surface area contributed by atoms with Gasteiger partial charge in [0.25, 0.3) is 0 Å². The first kappa shape index (κ1) is 51.1. The Kier molecular flexibility index (Phi) is 15.6. The number of aryl methyl sites for hydroxylation is 1. The lowest BCUT2D eigenvalue weighted by atomic mass is 9.63. The predicted octanol–water partition coefficient (Wildman–Crippen LogP) is 8.95. The minimum Gasteiger partial charge on any atom is -0.497 e. The highest BCUT2D eigenvalue weighted by Crippen LogP contribution is 2.50. The maximum absolute atomic E-state index is 15.3. The molecule has 3 aromatic carbocycles. The van der Waals surface area contributed by atoms with Gasteiger partial charge in [-0.2, -0.15) is 13.2 Å². The van der Waals surface area contributed by atoms with Crippen molar-refractivity contribution in [3.05, 3.63) is 75.8 Å². The maximum Gasteiger partial charge on any atom is 0.394 e. The molecule has 1 N–H and O–H groups in total. The van der Waals surface area contributed by atoms with Crippen molar-refractivity contribution in [2.75, 3.05) is 48.1 Å². The van der Waals surface area contributed by atoms with Crippen molar-refractivity contribution in [1.29, 1.82) is 0 Å². The summed E-state index contributed by atoms with van der Waals surface area (Å²) >= 11 is 6.86. The fraction of sp³-hybridized carbons (Fsp3) is 0.549. The van der Waals surface area contributed by atoms with Crippen molar-refractivity contribution in [2.24, 2.45) is 28.6 Å². The van der Waals surface area contributed by atoms with Gasteiger partial charge in [0.1, 0.15) is 35.4 Å². The zero-order valence-electron chi connectivity index (χ0n) is 39.6. The number of amides is 2. The molecule has 2 amide bonds. The molecule has 0 bridgehead atoms. The Morgan fingerprint density at radius 2 is 1.46 bits per heavy atom. The summed E-state index contributed by atoms with van der Waals surface area (Å²) in [6.45, 7) is 0.485. The molecule has 0 aromatic heterocycles. The summed E-state index contributed by atoms with van der Waals surface area (Å²) in [5.41, 5.74) is -0.884. The van der Waals surface area contributed by atoms with Crippen LogP contribution in [0.4, 0.5) is 13.2 Å². The predicted molar refractivity (Wildman–Crippen MR) is 245 cm³/mol. The number of hydrogen-bond acceptors (Lipinski definition) is 11. The molecule has 69 heavy (non-hydrogen) atoms. The molecule has 18 heteroatoms. The molecule has 1 unspecified atom stereocenters. The van der Waals surface area contributed by atoms with E-state index in [1.807, 2.05) is 0 Å². The van der Waals surface area contributed by atoms with E-state index >= 15 is 4.79 Å². The van der Waals surface area contributed by atoms with E-state index in [-0.39, 0.29) is 61.6 Å². The van der Waals surface area contributed by atoms with Crippen LogP contribution in [0.15, 0.2) is 48.5 Å². The molecular weight excluding hydrogens is 925 g/mol. The van der Waals surface area contributed by atoms with Gasteiger partial charge >= 0.3 is 24.1 Å². The number of carboxylic acids is 1. The molecule has 1 saturated heterocycles. The molecule has 0 radical (unpaired) electrons. The number of carboxylic acid groups (broad SMARTS) is 1. The van der Waals surface area contributed by atoms with Crippen LogP contribution in [0.2, 0.25) is 5.02 Å². The molecule has 3 aromatic rings. The van der Waals surface area contributed by atoms with Gasteiger partial charge in [0.15, 0.2) is 0 Å². The average molecular weight is 985 g/mol. The Morgan fingerprint density at radius 3 is 2.09 bits per heavy atom. The summed E-state index contributed by atoms with van der Waals surface area (Å²) in [4.78, 5) is 73.6. The standard InChI is InChI=1S/C51H60ClF3N2O12/c1-49(48(63)68-29-31-13-15-34(65-3)26-42(31)67-5)20-8-6-10-36(49)45(59)57-23-19-35-38(52)16-17-40(44(35)39(57)28-56-27-32(24-43(56)58)51(53,54)55)69-46(60)37-11-7-9-21-50(37,47(61)62)22-18-30-12-14-33(64-2)25-41(30)66-4/h12-17,25-26,32,36-37,39H,6-11,18-24,27-29H2,1-5H3,(H,61,62)/t32?,36-,37-,39+,49-,50-/m0/s1. The van der Waals surface area contributed by atoms with Gasteiger partial charge in [0.2, 0.25) is 11.8 Å². The number of ether oxygens (including phenoxy) is 6. The van der Waals surface area contributed by atoms with Crippen LogP contribution in [0.5, 0.6) is 28.7 Å². The van der Waals surface area contributed by atoms with Gasteiger partial charge in [-0.15, -0.1) is 0 Å². The number of carbonyl (C=O) groups is 5. The summed E-state index contributed by atoms with van der Waals surface area (Å²) in [6, 6.07) is 12.1. The van der Waals surface area contributed by atoms with Crippen molar-refractivity contribution in [1.82, 2.24) is 9.80 Å². The molecule has 2 heterocycles. The number of likely N-dealkylation sites (tertiary alicyclic amines) is 1. The largest absolute Gasteiger partial charge is 0.497 e. The van der Waals surface area contributed by atoms with E-state index in [2.05, 4.69) is 0 Å². The summed E-state index contributed by atoms with van der Waals surface area (Å²) in [5.74, 6) is -5.86. The fourth-order valence-corrected chi connectivity index (χ4v) is 11.3. The number of methoxy groups -OCH3 is 4. The molecule has 2 saturated carbocycles. The van der Waals surface area contributed by atoms with Crippen LogP contribution >= 0.6 is 11.6 Å². The van der Waals surface area contributed by atoms with E-state index in [1.165, 1.54) is 45.5 Å². The van der Waals surface area contributed by atoms with E-state index in [0.29, 0.717) is 72.6 Å². The zero-order chi connectivity index (χ0) is 49.8. The first-order chi connectivity index (χ1) is 32.9. The second kappa shape index (κ2) is 21.1. The van der Waals surface area contributed by atoms with Crippen molar-refractivity contribution in [3.63, 3.8) is 0 Å². The molecule has 0 spiro atoms. The second-order valence-electron chi connectivity index (χ2n) is 18.8. The Morgan fingerprint density at radius 1 is 0.826 bits per heavy atom. The van der Waals surface area contributed by atoms with Crippen molar-refractivity contribution in [3.8, 4) is 28.7 Å². The van der Waals surface area contributed by atoms with Crippen LogP contribution in [0.3, 0.4) is 0 Å². The third kappa shape index (κ3) is 10.4. The summed E-state index contributed by atoms with van der Waals surface area (Å²) in [6.07, 6.45) is -1.64. The third-order valence-corrected chi connectivity index (χ3v) is 15.4.